The predicted molar refractivity (Wildman–Crippen MR) is 60.2 cm³/mol. The van der Waals surface area contributed by atoms with Gasteiger partial charge in [0.15, 0.2) is 0 Å². The van der Waals surface area contributed by atoms with Crippen molar-refractivity contribution in [3.05, 3.63) is 0 Å². The van der Waals surface area contributed by atoms with Crippen LogP contribution in [-0.4, -0.2) is 27.7 Å². The molecule has 0 spiro atoms. The maximum atomic E-state index is 9.62. The molecule has 0 amide bonds. The van der Waals surface area contributed by atoms with E-state index >= 15 is 0 Å². The summed E-state index contributed by atoms with van der Waals surface area (Å²) in [5.74, 6) is 0. The summed E-state index contributed by atoms with van der Waals surface area (Å²) in [5.41, 5.74) is 0.759. The maximum Gasteiger partial charge on any atom is 0.206 e. The second kappa shape index (κ2) is 8.93. The van der Waals surface area contributed by atoms with Crippen molar-refractivity contribution in [3.8, 4) is 0 Å². The first-order chi connectivity index (χ1) is 6.20. The van der Waals surface area contributed by atoms with Gasteiger partial charge in [-0.25, -0.2) is 0 Å². The van der Waals surface area contributed by atoms with Crippen LogP contribution in [0.3, 0.4) is 0 Å². The lowest BCUT2D eigenvalue weighted by atomic mass is 10.4. The van der Waals surface area contributed by atoms with E-state index in [-0.39, 0.29) is 0 Å². The Morgan fingerprint density at radius 3 is 1.54 bits per heavy atom. The molecule has 0 rings (SSSR count). The fourth-order valence-electron chi connectivity index (χ4n) is 1.17. The van der Waals surface area contributed by atoms with Crippen LogP contribution < -0.4 is 0 Å². The Morgan fingerprint density at radius 1 is 0.846 bits per heavy atom. The first kappa shape index (κ1) is 13.4. The van der Waals surface area contributed by atoms with Gasteiger partial charge in [-0.3, -0.25) is 0 Å². The zero-order chi connectivity index (χ0) is 10.1. The Hall–Kier alpha value is 0.354. The van der Waals surface area contributed by atoms with Gasteiger partial charge in [0.1, 0.15) is 0 Å². The van der Waals surface area contributed by atoms with Crippen LogP contribution in [0.25, 0.3) is 0 Å². The van der Waals surface area contributed by atoms with Gasteiger partial charge in [0, 0.05) is 0 Å². The first-order valence-corrected chi connectivity index (χ1v) is 9.00. The number of rotatable bonds is 8. The average Bonchev–Trinajstić information content (AvgIpc) is 2.11. The van der Waals surface area contributed by atoms with Gasteiger partial charge in [0.2, 0.25) is 18.1 Å². The van der Waals surface area contributed by atoms with Crippen LogP contribution in [0.15, 0.2) is 0 Å². The Bertz CT molecular complexity index is 99.8. The van der Waals surface area contributed by atoms with Gasteiger partial charge in [-0.05, 0) is 17.8 Å². The van der Waals surface area contributed by atoms with Gasteiger partial charge in [-0.2, -0.15) is 0 Å². The Labute approximate surface area is 85.4 Å². The second-order valence-electron chi connectivity index (χ2n) is 3.52. The summed E-state index contributed by atoms with van der Waals surface area (Å²) in [6.45, 7) is 4.27. The van der Waals surface area contributed by atoms with E-state index < -0.39 is 18.1 Å². The van der Waals surface area contributed by atoms with Crippen LogP contribution in [0, 0.1) is 0 Å². The SMILES string of the molecule is CCCC[Si](O)C[Si](O)CCCC. The van der Waals surface area contributed by atoms with Crippen molar-refractivity contribution in [1.29, 1.82) is 0 Å². The van der Waals surface area contributed by atoms with Gasteiger partial charge >= 0.3 is 0 Å². The highest BCUT2D eigenvalue weighted by molar-refractivity contribution is 6.69. The molecule has 0 aromatic rings. The summed E-state index contributed by atoms with van der Waals surface area (Å²) < 4.78 is 0. The summed E-state index contributed by atoms with van der Waals surface area (Å²) in [6, 6.07) is 1.92. The van der Waals surface area contributed by atoms with Crippen molar-refractivity contribution < 1.29 is 9.59 Å². The molecule has 2 N–H and O–H groups in total. The molecule has 2 radical (unpaired) electrons. The highest BCUT2D eigenvalue weighted by Crippen LogP contribution is 2.08. The third kappa shape index (κ3) is 8.68. The van der Waals surface area contributed by atoms with Crippen molar-refractivity contribution in [2.75, 3.05) is 0 Å². The maximum absolute atomic E-state index is 9.62. The minimum atomic E-state index is -1.19. The summed E-state index contributed by atoms with van der Waals surface area (Å²) in [5, 5.41) is 0. The van der Waals surface area contributed by atoms with Crippen molar-refractivity contribution >= 4 is 18.1 Å². The fourth-order valence-corrected chi connectivity index (χ4v) is 6.00. The van der Waals surface area contributed by atoms with E-state index in [1.807, 2.05) is 0 Å². The average molecular weight is 218 g/mol. The zero-order valence-electron chi connectivity index (χ0n) is 8.84. The molecule has 0 fully saturated rings. The minimum absolute atomic E-state index is 0.759. The number of hydrogen-bond acceptors (Lipinski definition) is 2. The standard InChI is InChI=1S/C9H22O2Si2/c1-3-5-7-12(10)9-13(11)8-6-4-2/h10-11H,3-9H2,1-2H3. The molecule has 0 aliphatic rings. The Kier molecular flexibility index (Phi) is 9.17. The smallest absolute Gasteiger partial charge is 0.206 e. The van der Waals surface area contributed by atoms with Crippen LogP contribution in [-0.2, 0) is 0 Å². The van der Waals surface area contributed by atoms with Crippen molar-refractivity contribution in [2.24, 2.45) is 0 Å². The molecule has 0 aliphatic heterocycles. The van der Waals surface area contributed by atoms with Gasteiger partial charge in [-0.15, -0.1) is 0 Å². The fraction of sp³-hybridized carbons (Fsp3) is 1.00. The van der Waals surface area contributed by atoms with E-state index in [0.717, 1.165) is 43.4 Å². The van der Waals surface area contributed by atoms with Gasteiger partial charge < -0.3 is 9.59 Å². The highest BCUT2D eigenvalue weighted by atomic mass is 28.4. The largest absolute Gasteiger partial charge is 0.432 e. The van der Waals surface area contributed by atoms with Crippen molar-refractivity contribution in [2.45, 2.75) is 57.3 Å². The topological polar surface area (TPSA) is 40.5 Å². The molecule has 0 heterocycles. The highest BCUT2D eigenvalue weighted by Gasteiger charge is 2.16. The number of unbranched alkanes of at least 4 members (excludes halogenated alkanes) is 2. The summed E-state index contributed by atoms with van der Waals surface area (Å²) in [6.07, 6.45) is 4.54. The molecule has 0 aromatic heterocycles. The Balaban J connectivity index is 3.35. The minimum Gasteiger partial charge on any atom is -0.432 e. The lowest BCUT2D eigenvalue weighted by Gasteiger charge is -2.10. The lowest BCUT2D eigenvalue weighted by molar-refractivity contribution is 0.543. The van der Waals surface area contributed by atoms with Crippen LogP contribution >= 0.6 is 0 Å². The van der Waals surface area contributed by atoms with E-state index in [0.29, 0.717) is 0 Å². The molecular formula is C9H22O2Si2. The quantitative estimate of drug-likeness (QED) is 0.613. The van der Waals surface area contributed by atoms with Gasteiger partial charge in [-0.1, -0.05) is 39.5 Å². The van der Waals surface area contributed by atoms with E-state index in [4.69, 9.17) is 0 Å². The van der Waals surface area contributed by atoms with Crippen LogP contribution in [0.4, 0.5) is 0 Å². The molecule has 4 heteroatoms. The summed E-state index contributed by atoms with van der Waals surface area (Å²) in [4.78, 5) is 19.2. The molecule has 0 atom stereocenters. The van der Waals surface area contributed by atoms with Crippen LogP contribution in [0.1, 0.15) is 39.5 Å². The molecule has 0 aliphatic carbocycles. The molecule has 78 valence electrons. The lowest BCUT2D eigenvalue weighted by Crippen LogP contribution is -2.23. The molecule has 0 unspecified atom stereocenters. The van der Waals surface area contributed by atoms with E-state index in [2.05, 4.69) is 13.8 Å². The molecule has 0 aromatic carbocycles. The molecular weight excluding hydrogens is 196 g/mol. The predicted octanol–water partition coefficient (Wildman–Crippen LogP) is 2.09. The Morgan fingerprint density at radius 2 is 1.23 bits per heavy atom. The summed E-state index contributed by atoms with van der Waals surface area (Å²) >= 11 is 0. The zero-order valence-corrected chi connectivity index (χ0v) is 10.8. The van der Waals surface area contributed by atoms with Gasteiger partial charge in [0.25, 0.3) is 0 Å². The van der Waals surface area contributed by atoms with E-state index in [1.54, 1.807) is 0 Å². The number of hydrogen-bond donors (Lipinski definition) is 2. The normalized spacial score (nSPS) is 11.5. The van der Waals surface area contributed by atoms with E-state index in [1.165, 1.54) is 0 Å². The van der Waals surface area contributed by atoms with Crippen molar-refractivity contribution in [3.63, 3.8) is 0 Å². The molecule has 2 nitrogen and oxygen atoms in total. The third-order valence-corrected chi connectivity index (χ3v) is 7.17. The second-order valence-corrected chi connectivity index (χ2v) is 8.20. The van der Waals surface area contributed by atoms with Crippen LogP contribution in [0.5, 0.6) is 0 Å². The summed E-state index contributed by atoms with van der Waals surface area (Å²) in [7, 11) is -2.37. The van der Waals surface area contributed by atoms with Crippen molar-refractivity contribution in [1.82, 2.24) is 0 Å². The molecule has 0 bridgehead atoms. The van der Waals surface area contributed by atoms with Crippen LogP contribution in [0.2, 0.25) is 17.8 Å². The first-order valence-electron chi connectivity index (χ1n) is 5.28. The monoisotopic (exact) mass is 218 g/mol. The van der Waals surface area contributed by atoms with E-state index in [9.17, 15) is 9.59 Å². The molecule has 0 saturated heterocycles. The molecule has 0 saturated carbocycles. The van der Waals surface area contributed by atoms with Gasteiger partial charge in [0.05, 0.1) is 0 Å². The third-order valence-electron chi connectivity index (χ3n) is 2.05. The molecule has 13 heavy (non-hydrogen) atoms.